The van der Waals surface area contributed by atoms with Crippen molar-refractivity contribution in [1.82, 2.24) is 0 Å². The van der Waals surface area contributed by atoms with Gasteiger partial charge in [0, 0.05) is 12.8 Å². The predicted molar refractivity (Wildman–Crippen MR) is 65.8 cm³/mol. The lowest BCUT2D eigenvalue weighted by atomic mass is 10.2. The summed E-state index contributed by atoms with van der Waals surface area (Å²) in [5.41, 5.74) is 0. The zero-order valence-corrected chi connectivity index (χ0v) is 9.97. The lowest BCUT2D eigenvalue weighted by Crippen LogP contribution is -1.94. The maximum absolute atomic E-state index is 10.2. The highest BCUT2D eigenvalue weighted by Crippen LogP contribution is 2.09. The van der Waals surface area contributed by atoms with Crippen molar-refractivity contribution in [1.29, 1.82) is 0 Å². The minimum atomic E-state index is -0.689. The number of rotatable bonds is 10. The number of carboxylic acids is 1. The van der Waals surface area contributed by atoms with Crippen molar-refractivity contribution >= 4 is 17.7 Å². The first-order chi connectivity index (χ1) is 7.27. The van der Waals surface area contributed by atoms with Crippen LogP contribution in [0.15, 0.2) is 0 Å². The molecule has 86 valence electrons. The van der Waals surface area contributed by atoms with Crippen LogP contribution < -0.4 is 0 Å². The molecule has 4 heteroatoms. The molecule has 3 nitrogen and oxygen atoms in total. The van der Waals surface area contributed by atoms with Crippen molar-refractivity contribution in [2.45, 2.75) is 38.5 Å². The first-order valence-corrected chi connectivity index (χ1v) is 6.59. The van der Waals surface area contributed by atoms with Gasteiger partial charge in [0.15, 0.2) is 0 Å². The molecule has 0 rings (SSSR count). The molecule has 0 spiro atoms. The lowest BCUT2D eigenvalue weighted by Gasteiger charge is -1.99. The van der Waals surface area contributed by atoms with Crippen LogP contribution in [0.5, 0.6) is 0 Å². The second kappa shape index (κ2) is 11.4. The molecule has 0 saturated carbocycles. The Labute approximate surface area is 96.1 Å². The van der Waals surface area contributed by atoms with Gasteiger partial charge >= 0.3 is 5.97 Å². The van der Waals surface area contributed by atoms with Crippen molar-refractivity contribution in [3.63, 3.8) is 0 Å². The highest BCUT2D eigenvalue weighted by Gasteiger charge is 1.97. The van der Waals surface area contributed by atoms with Gasteiger partial charge in [-0.25, -0.2) is 0 Å². The second-order valence-corrected chi connectivity index (χ2v) is 4.65. The fourth-order valence-electron chi connectivity index (χ4n) is 1.17. The number of carbonyl (C=O) groups is 1. The Morgan fingerprint density at radius 1 is 1.13 bits per heavy atom. The van der Waals surface area contributed by atoms with Crippen molar-refractivity contribution in [2.75, 3.05) is 18.1 Å². The zero-order valence-electron chi connectivity index (χ0n) is 9.15. The van der Waals surface area contributed by atoms with Crippen LogP contribution in [-0.4, -0.2) is 29.1 Å². The largest absolute Gasteiger partial charge is 0.481 e. The number of unbranched alkanes of at least 4 members (excludes halogenated alkanes) is 3. The summed E-state index contributed by atoms with van der Waals surface area (Å²) in [6.45, 7) is 5.79. The number of thioether (sulfide) groups is 1. The summed E-state index contributed by atoms with van der Waals surface area (Å²) in [5.74, 6) is 1.55. The molecule has 0 aliphatic heterocycles. The normalized spacial score (nSPS) is 9.80. The van der Waals surface area contributed by atoms with E-state index in [0.717, 1.165) is 37.3 Å². The molecule has 0 heterocycles. The Hall–Kier alpha value is -0.690. The van der Waals surface area contributed by atoms with E-state index in [-0.39, 0.29) is 0 Å². The number of carboxylic acid groups (broad SMARTS) is 1. The van der Waals surface area contributed by atoms with E-state index in [1.807, 2.05) is 11.8 Å². The Morgan fingerprint density at radius 2 is 1.80 bits per heavy atom. The van der Waals surface area contributed by atoms with Crippen LogP contribution in [0.4, 0.5) is 0 Å². The maximum atomic E-state index is 10.2. The number of hydrogen-bond donors (Lipinski definition) is 1. The standard InChI is InChI=1S/C11H19NO2S/c1-12-8-4-2-5-9-15-10-6-3-7-11(13)14/h1H,2-10H2/p+1. The monoisotopic (exact) mass is 230 g/mol. The van der Waals surface area contributed by atoms with Crippen LogP contribution in [0, 0.1) is 6.57 Å². The number of nitrogens with zero attached hydrogens (tertiary/aromatic N) is 1. The highest BCUT2D eigenvalue weighted by atomic mass is 32.2. The molecule has 1 N–H and O–H groups in total. The van der Waals surface area contributed by atoms with Crippen LogP contribution in [0.2, 0.25) is 0 Å². The van der Waals surface area contributed by atoms with E-state index in [0.29, 0.717) is 6.42 Å². The third-order valence-electron chi connectivity index (χ3n) is 2.01. The summed E-state index contributed by atoms with van der Waals surface area (Å²) in [6, 6.07) is 0. The zero-order chi connectivity index (χ0) is 11.4. The van der Waals surface area contributed by atoms with E-state index in [4.69, 9.17) is 11.7 Å². The third kappa shape index (κ3) is 13.3. The van der Waals surface area contributed by atoms with Gasteiger partial charge in [0.1, 0.15) is 0 Å². The van der Waals surface area contributed by atoms with Crippen LogP contribution in [-0.2, 0) is 4.79 Å². The third-order valence-corrected chi connectivity index (χ3v) is 3.16. The van der Waals surface area contributed by atoms with Gasteiger partial charge in [-0.2, -0.15) is 11.8 Å². The molecule has 0 bridgehead atoms. The molecule has 0 atom stereocenters. The highest BCUT2D eigenvalue weighted by molar-refractivity contribution is 7.99. The summed E-state index contributed by atoms with van der Waals surface area (Å²) < 4.78 is 0. The molecule has 0 radical (unpaired) electrons. The number of aliphatic carboxylic acids is 1. The molecule has 0 saturated heterocycles. The van der Waals surface area contributed by atoms with Crippen LogP contribution >= 0.6 is 11.8 Å². The molecule has 0 fully saturated rings. The molecular formula is C11H20NO2S+. The molecule has 0 amide bonds. The molecule has 0 aromatic carbocycles. The average molecular weight is 230 g/mol. The fraction of sp³-hybridized carbons (Fsp3) is 0.818. The van der Waals surface area contributed by atoms with E-state index in [2.05, 4.69) is 4.85 Å². The second-order valence-electron chi connectivity index (χ2n) is 3.43. The minimum absolute atomic E-state index is 0.304. The Kier molecular flexibility index (Phi) is 10.9. The average Bonchev–Trinajstić information content (AvgIpc) is 2.20. The number of hydrogen-bond acceptors (Lipinski definition) is 2. The molecule has 0 aromatic heterocycles. The topological polar surface area (TPSA) is 41.7 Å². The first kappa shape index (κ1) is 14.3. The molecular weight excluding hydrogens is 210 g/mol. The van der Waals surface area contributed by atoms with Gasteiger partial charge in [-0.05, 0) is 37.2 Å². The first-order valence-electron chi connectivity index (χ1n) is 5.43. The Balaban J connectivity index is 2.93. The van der Waals surface area contributed by atoms with E-state index in [1.165, 1.54) is 12.8 Å². The van der Waals surface area contributed by atoms with Crippen molar-refractivity contribution in [3.8, 4) is 6.57 Å². The van der Waals surface area contributed by atoms with E-state index >= 15 is 0 Å². The summed E-state index contributed by atoms with van der Waals surface area (Å²) >= 11 is 1.91. The molecule has 15 heavy (non-hydrogen) atoms. The maximum Gasteiger partial charge on any atom is 0.303 e. The van der Waals surface area contributed by atoms with E-state index in [1.54, 1.807) is 0 Å². The van der Waals surface area contributed by atoms with Gasteiger partial charge in [0.25, 0.3) is 13.1 Å². The minimum Gasteiger partial charge on any atom is -0.481 e. The van der Waals surface area contributed by atoms with Crippen LogP contribution in [0.3, 0.4) is 0 Å². The van der Waals surface area contributed by atoms with Gasteiger partial charge in [0.05, 0.1) is 0 Å². The lowest BCUT2D eigenvalue weighted by molar-refractivity contribution is -0.137. The summed E-state index contributed by atoms with van der Waals surface area (Å²) in [7, 11) is 0. The van der Waals surface area contributed by atoms with E-state index in [9.17, 15) is 4.79 Å². The Morgan fingerprint density at radius 3 is 2.40 bits per heavy atom. The van der Waals surface area contributed by atoms with Crippen molar-refractivity contribution in [3.05, 3.63) is 4.85 Å². The van der Waals surface area contributed by atoms with Crippen molar-refractivity contribution < 1.29 is 9.90 Å². The summed E-state index contributed by atoms with van der Waals surface area (Å²) in [5, 5.41) is 8.41. The smallest absolute Gasteiger partial charge is 0.303 e. The van der Waals surface area contributed by atoms with Gasteiger partial charge in [-0.15, -0.1) is 0 Å². The summed E-state index contributed by atoms with van der Waals surface area (Å²) in [4.78, 5) is 13.8. The van der Waals surface area contributed by atoms with Gasteiger partial charge in [0.2, 0.25) is 0 Å². The van der Waals surface area contributed by atoms with Gasteiger partial charge < -0.3 is 5.11 Å². The summed E-state index contributed by atoms with van der Waals surface area (Å²) in [6.07, 6.45) is 5.58. The molecule has 0 unspecified atom stereocenters. The van der Waals surface area contributed by atoms with Gasteiger partial charge in [-0.3, -0.25) is 4.79 Å². The predicted octanol–water partition coefficient (Wildman–Crippen LogP) is 3.11. The van der Waals surface area contributed by atoms with Crippen LogP contribution in [0.25, 0.3) is 4.85 Å². The Bertz CT molecular complexity index is 201. The fourth-order valence-corrected chi connectivity index (χ4v) is 2.19. The van der Waals surface area contributed by atoms with Crippen molar-refractivity contribution in [2.24, 2.45) is 0 Å². The van der Waals surface area contributed by atoms with Crippen LogP contribution in [0.1, 0.15) is 38.5 Å². The molecule has 0 aliphatic rings. The quantitative estimate of drug-likeness (QED) is 0.586. The molecule has 0 aromatic rings. The van der Waals surface area contributed by atoms with E-state index < -0.39 is 5.97 Å². The molecule has 0 aliphatic carbocycles. The van der Waals surface area contributed by atoms with Gasteiger partial charge in [-0.1, -0.05) is 4.85 Å². The SMILES string of the molecule is C#[N+]CCCCCSCCCCC(=O)O.